The monoisotopic (exact) mass is 868 g/mol. The van der Waals surface area contributed by atoms with Gasteiger partial charge in [-0.15, -0.1) is 0 Å². The lowest BCUT2D eigenvalue weighted by Gasteiger charge is -2.23. The van der Waals surface area contributed by atoms with Crippen LogP contribution in [0.25, 0.3) is 78.1 Å². The molecule has 1 aliphatic heterocycles. The van der Waals surface area contributed by atoms with Gasteiger partial charge in [0, 0.05) is 34.9 Å². The number of benzene rings is 7. The molecule has 0 saturated heterocycles. The van der Waals surface area contributed by atoms with Gasteiger partial charge < -0.3 is 0 Å². The number of aromatic nitrogens is 2. The van der Waals surface area contributed by atoms with Crippen molar-refractivity contribution in [3.05, 3.63) is 229 Å². The average Bonchev–Trinajstić information content (AvgIpc) is 3.95. The van der Waals surface area contributed by atoms with Crippen molar-refractivity contribution in [2.24, 2.45) is 5.41 Å². The minimum atomic E-state index is -0.0990. The third kappa shape index (κ3) is 7.44. The highest BCUT2D eigenvalue weighted by molar-refractivity contribution is 5.85. The van der Waals surface area contributed by atoms with Crippen molar-refractivity contribution in [3.63, 3.8) is 0 Å². The van der Waals surface area contributed by atoms with Gasteiger partial charge in [0.05, 0.1) is 11.3 Å². The van der Waals surface area contributed by atoms with Crippen LogP contribution in [0.3, 0.4) is 0 Å². The third-order valence-electron chi connectivity index (χ3n) is 15.5. The molecule has 0 bridgehead atoms. The van der Waals surface area contributed by atoms with Gasteiger partial charge in [0.25, 0.3) is 0 Å². The van der Waals surface area contributed by atoms with Gasteiger partial charge >= 0.3 is 0 Å². The number of fused-ring (bicyclic) bond motifs is 6. The predicted octanol–water partition coefficient (Wildman–Crippen LogP) is 15.8. The van der Waals surface area contributed by atoms with E-state index in [1.807, 2.05) is 0 Å². The summed E-state index contributed by atoms with van der Waals surface area (Å²) < 4.78 is 5.33. The SMILES string of the molecule is CCCCc1ccc2[n+](c1)C1(C[n+]3ccc(C)cc3-c3cc(-c4cccc(-c5cc(-c6ccccc6)cc(-c6cccc(-c7ccccc7)c6)c5)c4)ccc3C)C(c3ccccc3-2)C1(C)CC. The fourth-order valence-electron chi connectivity index (χ4n) is 11.7. The third-order valence-corrected chi connectivity index (χ3v) is 15.5. The zero-order valence-electron chi connectivity index (χ0n) is 39.6. The highest BCUT2D eigenvalue weighted by atomic mass is 15.2. The largest absolute Gasteiger partial charge is 0.239 e. The van der Waals surface area contributed by atoms with Crippen molar-refractivity contribution in [1.29, 1.82) is 0 Å². The molecule has 2 aromatic heterocycles. The van der Waals surface area contributed by atoms with Crippen molar-refractivity contribution < 1.29 is 9.13 Å². The molecule has 1 aliphatic carbocycles. The van der Waals surface area contributed by atoms with Crippen LogP contribution in [0.15, 0.2) is 207 Å². The zero-order valence-corrected chi connectivity index (χ0v) is 39.6. The van der Waals surface area contributed by atoms with Crippen LogP contribution < -0.4 is 9.13 Å². The summed E-state index contributed by atoms with van der Waals surface area (Å²) in [6, 6.07) is 72.5. The van der Waals surface area contributed by atoms with E-state index in [9.17, 15) is 0 Å². The second kappa shape index (κ2) is 17.2. The van der Waals surface area contributed by atoms with Crippen LogP contribution in [0, 0.1) is 19.3 Å². The van der Waals surface area contributed by atoms with E-state index in [0.29, 0.717) is 5.92 Å². The van der Waals surface area contributed by atoms with Crippen molar-refractivity contribution in [2.75, 3.05) is 0 Å². The number of aryl methyl sites for hydroxylation is 3. The van der Waals surface area contributed by atoms with Gasteiger partial charge in [0.1, 0.15) is 0 Å². The first-order valence-corrected chi connectivity index (χ1v) is 24.5. The van der Waals surface area contributed by atoms with Crippen LogP contribution in [-0.4, -0.2) is 0 Å². The second-order valence-corrected chi connectivity index (χ2v) is 19.6. The van der Waals surface area contributed by atoms with Crippen LogP contribution >= 0.6 is 0 Å². The highest BCUT2D eigenvalue weighted by Gasteiger charge is 2.85. The van der Waals surface area contributed by atoms with Gasteiger partial charge in [-0.1, -0.05) is 155 Å². The molecule has 7 aromatic carbocycles. The minimum absolute atomic E-state index is 0.0945. The maximum atomic E-state index is 2.73. The first-order chi connectivity index (χ1) is 32.8. The summed E-state index contributed by atoms with van der Waals surface area (Å²) in [7, 11) is 0. The van der Waals surface area contributed by atoms with Crippen LogP contribution in [0.5, 0.6) is 0 Å². The molecule has 328 valence electrons. The minimum Gasteiger partial charge on any atom is -0.191 e. The molecule has 0 radical (unpaired) electrons. The lowest BCUT2D eigenvalue weighted by Crippen LogP contribution is -2.60. The lowest BCUT2D eigenvalue weighted by atomic mass is 9.90. The maximum absolute atomic E-state index is 2.73. The summed E-state index contributed by atoms with van der Waals surface area (Å²) >= 11 is 0. The molecule has 67 heavy (non-hydrogen) atoms. The maximum Gasteiger partial charge on any atom is 0.239 e. The molecule has 1 saturated carbocycles. The van der Waals surface area contributed by atoms with Gasteiger partial charge in [-0.3, -0.25) is 0 Å². The predicted molar refractivity (Wildman–Crippen MR) is 279 cm³/mol. The Hall–Kier alpha value is -7.16. The van der Waals surface area contributed by atoms with Crippen molar-refractivity contribution >= 4 is 0 Å². The van der Waals surface area contributed by atoms with E-state index in [0.717, 1.165) is 19.4 Å². The van der Waals surface area contributed by atoms with E-state index in [4.69, 9.17) is 0 Å². The fourth-order valence-corrected chi connectivity index (χ4v) is 11.7. The van der Waals surface area contributed by atoms with E-state index in [2.05, 4.69) is 250 Å². The van der Waals surface area contributed by atoms with Gasteiger partial charge in [-0.25, -0.2) is 0 Å². The normalized spacial score (nSPS) is 17.9. The van der Waals surface area contributed by atoms with Gasteiger partial charge in [0.2, 0.25) is 23.5 Å². The Morgan fingerprint density at radius 2 is 1.03 bits per heavy atom. The number of pyridine rings is 2. The Labute approximate surface area is 397 Å². The van der Waals surface area contributed by atoms with E-state index < -0.39 is 0 Å². The molecule has 2 heteroatoms. The number of hydrogen-bond donors (Lipinski definition) is 0. The summed E-state index contributed by atoms with van der Waals surface area (Å²) in [4.78, 5) is 0. The molecule has 0 amide bonds. The van der Waals surface area contributed by atoms with Crippen LogP contribution in [0.1, 0.15) is 68.2 Å². The summed E-state index contributed by atoms with van der Waals surface area (Å²) in [5.74, 6) is 0.422. The fraction of sp³-hybridized carbons (Fsp3) is 0.200. The van der Waals surface area contributed by atoms with Crippen molar-refractivity contribution in [3.8, 4) is 78.1 Å². The molecular weight excluding hydrogens is 809 g/mol. The Bertz CT molecular complexity index is 3290. The topological polar surface area (TPSA) is 7.76 Å². The summed E-state index contributed by atoms with van der Waals surface area (Å²) in [6.07, 6.45) is 9.52. The Morgan fingerprint density at radius 1 is 0.478 bits per heavy atom. The Morgan fingerprint density at radius 3 is 1.69 bits per heavy atom. The van der Waals surface area contributed by atoms with E-state index in [1.54, 1.807) is 0 Å². The second-order valence-electron chi connectivity index (χ2n) is 19.6. The van der Waals surface area contributed by atoms with Crippen molar-refractivity contribution in [1.82, 2.24) is 0 Å². The first kappa shape index (κ1) is 42.5. The van der Waals surface area contributed by atoms with Crippen LogP contribution in [0.2, 0.25) is 0 Å². The van der Waals surface area contributed by atoms with Gasteiger partial charge in [-0.05, 0) is 154 Å². The zero-order chi connectivity index (χ0) is 45.7. The molecule has 2 aliphatic rings. The lowest BCUT2D eigenvalue weighted by molar-refractivity contribution is -0.809. The number of hydrogen-bond acceptors (Lipinski definition) is 0. The summed E-state index contributed by atoms with van der Waals surface area (Å²) in [6.45, 7) is 12.7. The molecule has 0 spiro atoms. The molecule has 2 nitrogen and oxygen atoms in total. The van der Waals surface area contributed by atoms with E-state index in [-0.39, 0.29) is 11.0 Å². The molecule has 0 N–H and O–H groups in total. The summed E-state index contributed by atoms with van der Waals surface area (Å²) in [5, 5.41) is 0. The average molecular weight is 869 g/mol. The molecule has 9 aromatic rings. The van der Waals surface area contributed by atoms with Gasteiger partial charge in [-0.2, -0.15) is 9.13 Å². The van der Waals surface area contributed by atoms with E-state index >= 15 is 0 Å². The molecule has 11 rings (SSSR count). The smallest absolute Gasteiger partial charge is 0.191 e. The molecule has 3 atom stereocenters. The van der Waals surface area contributed by atoms with Gasteiger partial charge in [0.15, 0.2) is 12.4 Å². The molecular formula is C65H60N2+2. The Balaban J connectivity index is 0.994. The first-order valence-electron chi connectivity index (χ1n) is 24.5. The molecule has 3 heterocycles. The molecule has 3 unspecified atom stereocenters. The standard InChI is InChI=1S/C65H60N2/c1-6-8-19-47-31-33-61-58-28-15-16-29-59(58)63-64(5,7-2)65(63,67(61)43-47)44-66-35-34-45(3)36-62(66)60-42-54(32-30-46(60)4)51-25-18-27-53(38-51)57-40-55(49-22-13-10-14-23-49)39-56(41-57)52-26-17-24-50(37-52)48-20-11-9-12-21-48/h9-18,20-43,63H,6-8,19,44H2,1-5H3/q+2. The summed E-state index contributed by atoms with van der Waals surface area (Å²) in [5.41, 5.74) is 22.9. The van der Waals surface area contributed by atoms with Crippen molar-refractivity contribution in [2.45, 2.75) is 78.3 Å². The highest BCUT2D eigenvalue weighted by Crippen LogP contribution is 2.74. The quantitative estimate of drug-likeness (QED) is 0.108. The van der Waals surface area contributed by atoms with Crippen LogP contribution in [0.4, 0.5) is 0 Å². The number of rotatable bonds is 12. The number of nitrogens with zero attached hydrogens (tertiary/aromatic N) is 2. The molecule has 1 fully saturated rings. The Kier molecular flexibility index (Phi) is 10.9. The number of unbranched alkanes of at least 4 members (excludes halogenated alkanes) is 1. The van der Waals surface area contributed by atoms with E-state index in [1.165, 1.54) is 113 Å². The van der Waals surface area contributed by atoms with Crippen LogP contribution in [-0.2, 0) is 18.5 Å².